The molecule has 3 rings (SSSR count). The molecule has 0 aromatic heterocycles. The first-order chi connectivity index (χ1) is 13.1. The van der Waals surface area contributed by atoms with Crippen molar-refractivity contribution >= 4 is 27.3 Å². The highest BCUT2D eigenvalue weighted by Gasteiger charge is 2.35. The molecule has 1 aliphatic rings. The van der Waals surface area contributed by atoms with E-state index in [1.807, 2.05) is 0 Å². The lowest BCUT2D eigenvalue weighted by Gasteiger charge is -2.20. The Bertz CT molecular complexity index is 992. The second-order valence-corrected chi connectivity index (χ2v) is 9.25. The van der Waals surface area contributed by atoms with Crippen LogP contribution < -0.4 is 0 Å². The van der Waals surface area contributed by atoms with E-state index in [1.54, 1.807) is 24.3 Å². The summed E-state index contributed by atoms with van der Waals surface area (Å²) in [4.78, 5) is 14.0. The van der Waals surface area contributed by atoms with E-state index in [1.165, 1.54) is 11.0 Å². The molecule has 28 heavy (non-hydrogen) atoms. The lowest BCUT2D eigenvalue weighted by Crippen LogP contribution is -2.33. The van der Waals surface area contributed by atoms with E-state index in [4.69, 9.17) is 11.6 Å². The van der Waals surface area contributed by atoms with Gasteiger partial charge < -0.3 is 4.90 Å². The van der Waals surface area contributed by atoms with Gasteiger partial charge in [-0.25, -0.2) is 8.42 Å². The molecule has 1 aliphatic heterocycles. The maximum absolute atomic E-state index is 12.9. The number of carbonyl (C=O) groups is 1. The summed E-state index contributed by atoms with van der Waals surface area (Å²) in [6.45, 7) is 0.0164. The fraction of sp³-hybridized carbons (Fsp3) is 0.316. The summed E-state index contributed by atoms with van der Waals surface area (Å²) in [5.74, 6) is -0.908. The smallest absolute Gasteiger partial charge is 0.338 e. The van der Waals surface area contributed by atoms with Crippen molar-refractivity contribution in [3.8, 4) is 0 Å². The highest BCUT2D eigenvalue weighted by atomic mass is 35.5. The minimum atomic E-state index is -4.56. The highest BCUT2D eigenvalue weighted by molar-refractivity contribution is 7.91. The Morgan fingerprint density at radius 2 is 1.79 bits per heavy atom. The zero-order valence-electron chi connectivity index (χ0n) is 14.6. The lowest BCUT2D eigenvalue weighted by molar-refractivity contribution is -0.137. The molecule has 9 heteroatoms. The minimum absolute atomic E-state index is 0.0850. The van der Waals surface area contributed by atoms with Crippen LogP contribution in [0.5, 0.6) is 0 Å². The quantitative estimate of drug-likeness (QED) is 0.710. The van der Waals surface area contributed by atoms with Crippen molar-refractivity contribution in [2.24, 2.45) is 0 Å². The molecular weight excluding hydrogens is 415 g/mol. The summed E-state index contributed by atoms with van der Waals surface area (Å²) >= 11 is 6.14. The molecule has 0 radical (unpaired) electrons. The van der Waals surface area contributed by atoms with E-state index < -0.39 is 32.7 Å². The number of rotatable bonds is 2. The second-order valence-electron chi connectivity index (χ2n) is 6.54. The summed E-state index contributed by atoms with van der Waals surface area (Å²) in [6, 6.07) is 10.7. The molecular formula is C19H17ClF3NO3S. The van der Waals surface area contributed by atoms with Crippen LogP contribution in [0, 0.1) is 0 Å². The number of alkyl halides is 3. The fourth-order valence-corrected chi connectivity index (χ4v) is 5.39. The molecule has 0 unspecified atom stereocenters. The van der Waals surface area contributed by atoms with Gasteiger partial charge in [0, 0.05) is 23.7 Å². The van der Waals surface area contributed by atoms with Crippen LogP contribution in [0.4, 0.5) is 13.2 Å². The Balaban J connectivity index is 1.85. The van der Waals surface area contributed by atoms with Crippen molar-refractivity contribution in [2.75, 3.05) is 18.8 Å². The van der Waals surface area contributed by atoms with Crippen LogP contribution in [-0.2, 0) is 16.0 Å². The molecule has 0 spiro atoms. The van der Waals surface area contributed by atoms with Gasteiger partial charge in [0.2, 0.25) is 0 Å². The first-order valence-electron chi connectivity index (χ1n) is 8.52. The molecule has 4 nitrogen and oxygen atoms in total. The minimum Gasteiger partial charge on any atom is -0.338 e. The monoisotopic (exact) mass is 431 g/mol. The maximum Gasteiger partial charge on any atom is 0.416 e. The Morgan fingerprint density at radius 1 is 1.07 bits per heavy atom. The first kappa shape index (κ1) is 20.7. The van der Waals surface area contributed by atoms with E-state index in [-0.39, 0.29) is 30.8 Å². The third-order valence-electron chi connectivity index (χ3n) is 4.72. The number of hydrogen-bond donors (Lipinski definition) is 0. The van der Waals surface area contributed by atoms with Crippen molar-refractivity contribution in [1.29, 1.82) is 0 Å². The van der Waals surface area contributed by atoms with Crippen LogP contribution in [0.3, 0.4) is 0 Å². The number of nitrogens with zero attached hydrogens (tertiary/aromatic N) is 1. The lowest BCUT2D eigenvalue weighted by atomic mass is 10.1. The Labute approximate surface area is 165 Å². The van der Waals surface area contributed by atoms with Gasteiger partial charge in [0.15, 0.2) is 9.84 Å². The van der Waals surface area contributed by atoms with E-state index in [2.05, 4.69) is 0 Å². The van der Waals surface area contributed by atoms with Gasteiger partial charge in [0.1, 0.15) is 0 Å². The highest BCUT2D eigenvalue weighted by Crippen LogP contribution is 2.34. The number of hydrogen-bond acceptors (Lipinski definition) is 3. The number of benzene rings is 2. The average molecular weight is 432 g/mol. The number of carbonyl (C=O) groups excluding carboxylic acids is 1. The summed E-state index contributed by atoms with van der Waals surface area (Å²) in [6.07, 6.45) is -4.44. The predicted molar refractivity (Wildman–Crippen MR) is 99.9 cm³/mol. The zero-order valence-corrected chi connectivity index (χ0v) is 16.2. The van der Waals surface area contributed by atoms with Crippen molar-refractivity contribution in [3.63, 3.8) is 0 Å². The van der Waals surface area contributed by atoms with Gasteiger partial charge in [-0.1, -0.05) is 35.9 Å². The van der Waals surface area contributed by atoms with Gasteiger partial charge in [-0.15, -0.1) is 0 Å². The van der Waals surface area contributed by atoms with Crippen molar-refractivity contribution < 1.29 is 26.4 Å². The molecule has 1 amide bonds. The molecule has 1 saturated heterocycles. The van der Waals surface area contributed by atoms with Crippen LogP contribution in [0.1, 0.15) is 33.2 Å². The van der Waals surface area contributed by atoms with Crippen molar-refractivity contribution in [2.45, 2.75) is 17.8 Å². The first-order valence-corrected chi connectivity index (χ1v) is 10.6. The molecule has 1 heterocycles. The molecule has 2 aromatic carbocycles. The van der Waals surface area contributed by atoms with Crippen LogP contribution in [-0.4, -0.2) is 38.1 Å². The number of amides is 1. The standard InChI is InChI=1S/C19H17ClF3NO3S/c20-16-7-2-1-6-15(16)17-8-9-24(10-11-28(17,26)27)18(25)13-4-3-5-14(12-13)19(21,22)23/h1-7,12,17H,8-11H2/t17-/m1/s1. The molecule has 0 aliphatic carbocycles. The van der Waals surface area contributed by atoms with Crippen LogP contribution >= 0.6 is 11.6 Å². The third-order valence-corrected chi connectivity index (χ3v) is 7.17. The van der Waals surface area contributed by atoms with Gasteiger partial charge in [0.05, 0.1) is 16.6 Å². The van der Waals surface area contributed by atoms with Crippen molar-refractivity contribution in [3.05, 3.63) is 70.2 Å². The summed E-state index contributed by atoms with van der Waals surface area (Å²) in [5, 5.41) is -0.533. The largest absolute Gasteiger partial charge is 0.416 e. The molecule has 2 aromatic rings. The molecule has 1 atom stereocenters. The Kier molecular flexibility index (Phi) is 5.72. The van der Waals surface area contributed by atoms with E-state index in [0.29, 0.717) is 10.6 Å². The topological polar surface area (TPSA) is 54.5 Å². The maximum atomic E-state index is 12.9. The molecule has 1 fully saturated rings. The predicted octanol–water partition coefficient (Wildman–Crippen LogP) is 4.36. The fourth-order valence-electron chi connectivity index (χ4n) is 3.24. The van der Waals surface area contributed by atoms with E-state index in [9.17, 15) is 26.4 Å². The zero-order chi connectivity index (χ0) is 20.5. The van der Waals surface area contributed by atoms with Gasteiger partial charge in [-0.3, -0.25) is 4.79 Å². The van der Waals surface area contributed by atoms with Crippen LogP contribution in [0.2, 0.25) is 5.02 Å². The van der Waals surface area contributed by atoms with Gasteiger partial charge >= 0.3 is 6.18 Å². The van der Waals surface area contributed by atoms with Gasteiger partial charge in [0.25, 0.3) is 5.91 Å². The van der Waals surface area contributed by atoms with Crippen molar-refractivity contribution in [1.82, 2.24) is 4.90 Å². The summed E-state index contributed by atoms with van der Waals surface area (Å²) in [7, 11) is -3.57. The van der Waals surface area contributed by atoms with Gasteiger partial charge in [-0.05, 0) is 36.2 Å². The molecule has 150 valence electrons. The Morgan fingerprint density at radius 3 is 2.46 bits per heavy atom. The van der Waals surface area contributed by atoms with E-state index in [0.717, 1.165) is 18.2 Å². The van der Waals surface area contributed by atoms with Gasteiger partial charge in [-0.2, -0.15) is 13.2 Å². The molecule has 0 N–H and O–H groups in total. The van der Waals surface area contributed by atoms with Crippen LogP contribution in [0.15, 0.2) is 48.5 Å². The average Bonchev–Trinajstić information content (AvgIpc) is 2.79. The summed E-state index contributed by atoms with van der Waals surface area (Å²) in [5.41, 5.74) is -0.573. The second kappa shape index (κ2) is 7.75. The Hall–Kier alpha value is -2.06. The van der Waals surface area contributed by atoms with E-state index >= 15 is 0 Å². The normalized spacial score (nSPS) is 19.9. The number of sulfone groups is 1. The number of halogens is 4. The summed E-state index contributed by atoms with van der Waals surface area (Å²) < 4.78 is 64.1. The molecule has 0 bridgehead atoms. The SMILES string of the molecule is O=C(c1cccc(C(F)(F)F)c1)N1CC[C@H](c2ccccc2Cl)S(=O)(=O)CC1. The molecule has 0 saturated carbocycles. The third kappa shape index (κ3) is 4.33. The van der Waals surface area contributed by atoms with Crippen LogP contribution in [0.25, 0.3) is 0 Å².